The molecule has 2 rings (SSSR count). The van der Waals surface area contributed by atoms with Crippen LogP contribution in [0.15, 0.2) is 34.8 Å². The lowest BCUT2D eigenvalue weighted by Crippen LogP contribution is -2.06. The second-order valence-electron chi connectivity index (χ2n) is 3.77. The molecule has 0 heterocycles. The third kappa shape index (κ3) is 1.95. The van der Waals surface area contributed by atoms with Gasteiger partial charge in [0.1, 0.15) is 0 Å². The van der Waals surface area contributed by atoms with Gasteiger partial charge >= 0.3 is 0 Å². The first-order valence-corrected chi connectivity index (χ1v) is 5.84. The predicted molar refractivity (Wildman–Crippen MR) is 70.7 cm³/mol. The zero-order valence-corrected chi connectivity index (χ0v) is 10.8. The molecule has 1 N–H and O–H groups in total. The van der Waals surface area contributed by atoms with Crippen molar-refractivity contribution in [2.45, 2.75) is 13.8 Å². The molecule has 2 aromatic rings. The van der Waals surface area contributed by atoms with Gasteiger partial charge in [0.25, 0.3) is 0 Å². The van der Waals surface area contributed by atoms with E-state index in [1.165, 1.54) is 6.92 Å². The molecule has 0 spiro atoms. The van der Waals surface area contributed by atoms with Gasteiger partial charge < -0.3 is 5.32 Å². The quantitative estimate of drug-likeness (QED) is 0.843. The Bertz CT molecular complexity index is 563. The van der Waals surface area contributed by atoms with Crippen LogP contribution in [0.2, 0.25) is 0 Å². The fraction of sp³-hybridized carbons (Fsp3) is 0.154. The van der Waals surface area contributed by atoms with E-state index in [9.17, 15) is 4.79 Å². The fourth-order valence-electron chi connectivity index (χ4n) is 1.84. The topological polar surface area (TPSA) is 29.1 Å². The van der Waals surface area contributed by atoms with Crippen molar-refractivity contribution in [3.63, 3.8) is 0 Å². The number of benzene rings is 2. The Morgan fingerprint density at radius 3 is 2.69 bits per heavy atom. The molecule has 0 aliphatic rings. The van der Waals surface area contributed by atoms with Crippen molar-refractivity contribution in [3.8, 4) is 0 Å². The van der Waals surface area contributed by atoms with Crippen LogP contribution in [-0.2, 0) is 4.79 Å². The van der Waals surface area contributed by atoms with Crippen LogP contribution < -0.4 is 5.32 Å². The average Bonchev–Trinajstić information content (AvgIpc) is 2.23. The number of anilines is 1. The van der Waals surface area contributed by atoms with E-state index in [4.69, 9.17) is 0 Å². The summed E-state index contributed by atoms with van der Waals surface area (Å²) in [5.74, 6) is -0.0492. The third-order valence-electron chi connectivity index (χ3n) is 2.51. The molecule has 0 atom stereocenters. The van der Waals surface area contributed by atoms with E-state index in [2.05, 4.69) is 21.2 Å². The van der Waals surface area contributed by atoms with E-state index in [1.807, 2.05) is 37.3 Å². The maximum atomic E-state index is 11.1. The number of hydrogen-bond acceptors (Lipinski definition) is 1. The Morgan fingerprint density at radius 1 is 1.25 bits per heavy atom. The molecule has 0 fully saturated rings. The van der Waals surface area contributed by atoms with E-state index < -0.39 is 0 Å². The molecule has 0 aliphatic carbocycles. The number of hydrogen-bond donors (Lipinski definition) is 1. The van der Waals surface area contributed by atoms with Crippen molar-refractivity contribution >= 4 is 38.3 Å². The summed E-state index contributed by atoms with van der Waals surface area (Å²) in [6.45, 7) is 3.56. The van der Waals surface area contributed by atoms with Gasteiger partial charge in [0.2, 0.25) is 5.91 Å². The molecular weight excluding hydrogens is 266 g/mol. The Morgan fingerprint density at radius 2 is 2.00 bits per heavy atom. The van der Waals surface area contributed by atoms with Crippen LogP contribution in [0, 0.1) is 6.92 Å². The van der Waals surface area contributed by atoms with Gasteiger partial charge in [-0.1, -0.05) is 34.1 Å². The molecule has 1 amide bonds. The molecule has 3 heteroatoms. The van der Waals surface area contributed by atoms with Gasteiger partial charge in [0.05, 0.1) is 0 Å². The number of carbonyl (C=O) groups is 1. The normalized spacial score (nSPS) is 10.4. The molecule has 2 aromatic carbocycles. The number of amides is 1. The Labute approximate surface area is 103 Å². The van der Waals surface area contributed by atoms with Crippen LogP contribution in [0.25, 0.3) is 10.8 Å². The van der Waals surface area contributed by atoms with E-state index in [-0.39, 0.29) is 5.91 Å². The molecular formula is C13H12BrNO. The van der Waals surface area contributed by atoms with Crippen molar-refractivity contribution in [1.29, 1.82) is 0 Å². The van der Waals surface area contributed by atoms with Gasteiger partial charge in [-0.15, -0.1) is 0 Å². The van der Waals surface area contributed by atoms with Gasteiger partial charge in [-0.3, -0.25) is 4.79 Å². The smallest absolute Gasteiger partial charge is 0.221 e. The van der Waals surface area contributed by atoms with Crippen LogP contribution in [-0.4, -0.2) is 5.91 Å². The summed E-state index contributed by atoms with van der Waals surface area (Å²) in [5.41, 5.74) is 2.02. The van der Waals surface area contributed by atoms with Crippen LogP contribution in [0.5, 0.6) is 0 Å². The highest BCUT2D eigenvalue weighted by molar-refractivity contribution is 9.10. The van der Waals surface area contributed by atoms with Crippen LogP contribution in [0.4, 0.5) is 5.69 Å². The standard InChI is InChI=1S/C13H12BrNO/c1-8-6-7-11(14)10-4-3-5-12(13(8)10)15-9(2)16/h3-7H,1-2H3,(H,15,16). The Kier molecular flexibility index (Phi) is 2.97. The number of rotatable bonds is 1. The highest BCUT2D eigenvalue weighted by Gasteiger charge is 2.07. The molecule has 0 bridgehead atoms. The average molecular weight is 278 g/mol. The van der Waals surface area contributed by atoms with Crippen LogP contribution >= 0.6 is 15.9 Å². The van der Waals surface area contributed by atoms with Crippen molar-refractivity contribution in [1.82, 2.24) is 0 Å². The van der Waals surface area contributed by atoms with Crippen molar-refractivity contribution in [2.75, 3.05) is 5.32 Å². The highest BCUT2D eigenvalue weighted by atomic mass is 79.9. The molecule has 0 aliphatic heterocycles. The molecule has 2 nitrogen and oxygen atoms in total. The summed E-state index contributed by atoms with van der Waals surface area (Å²) < 4.78 is 1.04. The zero-order chi connectivity index (χ0) is 11.7. The van der Waals surface area contributed by atoms with Crippen LogP contribution in [0.1, 0.15) is 12.5 Å². The number of aryl methyl sites for hydroxylation is 1. The highest BCUT2D eigenvalue weighted by Crippen LogP contribution is 2.32. The number of halogens is 1. The first-order valence-electron chi connectivity index (χ1n) is 5.05. The van der Waals surface area contributed by atoms with Crippen molar-refractivity contribution < 1.29 is 4.79 Å². The predicted octanol–water partition coefficient (Wildman–Crippen LogP) is 3.87. The van der Waals surface area contributed by atoms with Gasteiger partial charge in [-0.2, -0.15) is 0 Å². The largest absolute Gasteiger partial charge is 0.326 e. The van der Waals surface area contributed by atoms with Gasteiger partial charge in [-0.05, 0) is 30.0 Å². The zero-order valence-electron chi connectivity index (χ0n) is 9.17. The summed E-state index contributed by atoms with van der Waals surface area (Å²) in [6.07, 6.45) is 0. The summed E-state index contributed by atoms with van der Waals surface area (Å²) >= 11 is 3.52. The Balaban J connectivity index is 2.75. The lowest BCUT2D eigenvalue weighted by atomic mass is 10.0. The van der Waals surface area contributed by atoms with E-state index in [0.717, 1.165) is 26.5 Å². The SMILES string of the molecule is CC(=O)Nc1cccc2c(Br)ccc(C)c12. The molecule has 0 aromatic heterocycles. The molecule has 0 radical (unpaired) electrons. The fourth-order valence-corrected chi connectivity index (χ4v) is 2.30. The molecule has 0 saturated carbocycles. The number of carbonyl (C=O) groups excluding carboxylic acids is 1. The van der Waals surface area contributed by atoms with E-state index >= 15 is 0 Å². The van der Waals surface area contributed by atoms with Crippen molar-refractivity contribution in [2.24, 2.45) is 0 Å². The summed E-state index contributed by atoms with van der Waals surface area (Å²) in [4.78, 5) is 11.1. The minimum atomic E-state index is -0.0492. The molecule has 0 saturated heterocycles. The monoisotopic (exact) mass is 277 g/mol. The lowest BCUT2D eigenvalue weighted by molar-refractivity contribution is -0.114. The molecule has 82 valence electrons. The second-order valence-corrected chi connectivity index (χ2v) is 4.63. The lowest BCUT2D eigenvalue weighted by Gasteiger charge is -2.10. The van der Waals surface area contributed by atoms with Gasteiger partial charge in [-0.25, -0.2) is 0 Å². The minimum absolute atomic E-state index is 0.0492. The molecule has 16 heavy (non-hydrogen) atoms. The van der Waals surface area contributed by atoms with Gasteiger partial charge in [0.15, 0.2) is 0 Å². The maximum Gasteiger partial charge on any atom is 0.221 e. The van der Waals surface area contributed by atoms with E-state index in [0.29, 0.717) is 0 Å². The first-order chi connectivity index (χ1) is 7.59. The first kappa shape index (κ1) is 11.1. The Hall–Kier alpha value is -1.35. The maximum absolute atomic E-state index is 11.1. The van der Waals surface area contributed by atoms with E-state index in [1.54, 1.807) is 0 Å². The molecule has 0 unspecified atom stereocenters. The minimum Gasteiger partial charge on any atom is -0.326 e. The summed E-state index contributed by atoms with van der Waals surface area (Å²) in [6, 6.07) is 9.96. The summed E-state index contributed by atoms with van der Waals surface area (Å²) in [7, 11) is 0. The number of nitrogens with one attached hydrogen (secondary N) is 1. The third-order valence-corrected chi connectivity index (χ3v) is 3.20. The van der Waals surface area contributed by atoms with Crippen LogP contribution in [0.3, 0.4) is 0 Å². The van der Waals surface area contributed by atoms with Gasteiger partial charge in [0, 0.05) is 22.5 Å². The number of fused-ring (bicyclic) bond motifs is 1. The summed E-state index contributed by atoms with van der Waals surface area (Å²) in [5, 5.41) is 5.06. The van der Waals surface area contributed by atoms with Crippen molar-refractivity contribution in [3.05, 3.63) is 40.4 Å². The second kappa shape index (κ2) is 4.26.